The number of ether oxygens (including phenoxy) is 3. The lowest BCUT2D eigenvalue weighted by atomic mass is 10.0. The van der Waals surface area contributed by atoms with Crippen molar-refractivity contribution in [1.82, 2.24) is 31.6 Å². The van der Waals surface area contributed by atoms with Crippen LogP contribution in [0.5, 0.6) is 5.75 Å². The van der Waals surface area contributed by atoms with Gasteiger partial charge in [0.15, 0.2) is 6.10 Å². The molecule has 4 atom stereocenters. The van der Waals surface area contributed by atoms with Gasteiger partial charge in [0.1, 0.15) is 36.1 Å². The normalized spacial score (nSPS) is 16.3. The Hall–Kier alpha value is -5.25. The van der Waals surface area contributed by atoms with Crippen molar-refractivity contribution in [2.45, 2.75) is 77.0 Å². The molecule has 2 heterocycles. The summed E-state index contributed by atoms with van der Waals surface area (Å²) in [5.41, 5.74) is 0.510. The van der Waals surface area contributed by atoms with Gasteiger partial charge in [-0.25, -0.2) is 9.59 Å². The van der Waals surface area contributed by atoms with Crippen LogP contribution in [0.25, 0.3) is 0 Å². The van der Waals surface area contributed by atoms with E-state index in [1.807, 2.05) is 0 Å². The van der Waals surface area contributed by atoms with Crippen molar-refractivity contribution in [3.05, 3.63) is 59.9 Å². The fourth-order valence-corrected chi connectivity index (χ4v) is 4.20. The number of nitrogens with one attached hydrogen (secondary N) is 5. The minimum Gasteiger partial charge on any atom is -0.508 e. The van der Waals surface area contributed by atoms with E-state index in [2.05, 4.69) is 31.6 Å². The second kappa shape index (κ2) is 17.6. The van der Waals surface area contributed by atoms with Gasteiger partial charge in [-0.05, 0) is 63.4 Å². The molecule has 0 saturated carbocycles. The van der Waals surface area contributed by atoms with Crippen molar-refractivity contribution < 1.29 is 48.1 Å². The van der Waals surface area contributed by atoms with Crippen LogP contribution in [0, 0.1) is 0 Å². The van der Waals surface area contributed by atoms with Crippen molar-refractivity contribution in [2.24, 2.45) is 0 Å². The Morgan fingerprint density at radius 2 is 1.67 bits per heavy atom. The fourth-order valence-electron chi connectivity index (χ4n) is 4.20. The van der Waals surface area contributed by atoms with E-state index in [-0.39, 0.29) is 31.9 Å². The third-order valence-electron chi connectivity index (χ3n) is 6.68. The summed E-state index contributed by atoms with van der Waals surface area (Å²) >= 11 is 0. The van der Waals surface area contributed by atoms with E-state index in [0.29, 0.717) is 12.1 Å². The number of aryl methyl sites for hydroxylation is 1. The number of phenolic OH excluding ortho intramolecular Hbond substituents is 1. The summed E-state index contributed by atoms with van der Waals surface area (Å²) in [5, 5.41) is 22.0. The number of esters is 1. The largest absolute Gasteiger partial charge is 0.508 e. The number of aromatic hydroxyl groups is 1. The molecule has 0 bridgehead atoms. The van der Waals surface area contributed by atoms with Crippen molar-refractivity contribution >= 4 is 35.7 Å². The third-order valence-corrected chi connectivity index (χ3v) is 6.68. The van der Waals surface area contributed by atoms with E-state index in [9.17, 15) is 33.9 Å². The highest BCUT2D eigenvalue weighted by Gasteiger charge is 2.46. The molecule has 4 unspecified atom stereocenters. The van der Waals surface area contributed by atoms with Crippen LogP contribution in [0.1, 0.15) is 45.4 Å². The zero-order chi connectivity index (χ0) is 35.3. The zero-order valence-electron chi connectivity index (χ0n) is 27.2. The van der Waals surface area contributed by atoms with Crippen LogP contribution in [0.3, 0.4) is 0 Å². The van der Waals surface area contributed by atoms with Crippen LogP contribution in [0.4, 0.5) is 4.79 Å². The molecule has 0 aliphatic carbocycles. The average molecular weight is 671 g/mol. The minimum atomic E-state index is -1.31. The molecule has 260 valence electrons. The number of aromatic nitrogens is 1. The maximum Gasteiger partial charge on any atom is 0.408 e. The van der Waals surface area contributed by atoms with Gasteiger partial charge < -0.3 is 45.9 Å². The monoisotopic (exact) mass is 670 g/mol. The molecule has 0 spiro atoms. The summed E-state index contributed by atoms with van der Waals surface area (Å²) < 4.78 is 15.7. The van der Waals surface area contributed by atoms with Gasteiger partial charge in [-0.2, -0.15) is 0 Å². The molecule has 0 radical (unpaired) electrons. The molecule has 1 saturated heterocycles. The highest BCUT2D eigenvalue weighted by Crippen LogP contribution is 2.23. The Morgan fingerprint density at radius 3 is 2.31 bits per heavy atom. The number of benzene rings is 1. The number of phenols is 1. The molecule has 1 aliphatic heterocycles. The number of rotatable bonds is 16. The summed E-state index contributed by atoms with van der Waals surface area (Å²) in [6.45, 7) is 5.42. The first kappa shape index (κ1) is 37.2. The molecule has 5 amide bonds. The molecule has 48 heavy (non-hydrogen) atoms. The first-order valence-corrected chi connectivity index (χ1v) is 15.3. The number of carbonyl (C=O) groups excluding carboxylic acids is 6. The number of hydrogen-bond acceptors (Lipinski definition) is 11. The maximum atomic E-state index is 13.4. The number of nitrogens with zero attached hydrogens (tertiary/aromatic N) is 1. The Balaban J connectivity index is 1.52. The Labute approximate surface area is 277 Å². The number of carbonyl (C=O) groups is 6. The van der Waals surface area contributed by atoms with Crippen LogP contribution in [-0.4, -0.2) is 95.3 Å². The molecular formula is C32H42N6O10. The van der Waals surface area contributed by atoms with Gasteiger partial charge in [-0.3, -0.25) is 24.2 Å². The Bertz CT molecular complexity index is 1430. The first-order chi connectivity index (χ1) is 22.7. The number of epoxide rings is 1. The van der Waals surface area contributed by atoms with Gasteiger partial charge in [0, 0.05) is 26.2 Å². The molecule has 6 N–H and O–H groups in total. The quantitative estimate of drug-likeness (QED) is 0.103. The SMILES string of the molecule is CC(=O)NCC(NC(=O)C(CCc1ccc(O)cc1)NC(=O)OC(C)(C)C)C(=O)NCC(=O)NCC1OC1C(=O)OCc1ccccn1. The predicted octanol–water partition coefficient (Wildman–Crippen LogP) is -0.0228. The van der Waals surface area contributed by atoms with E-state index in [1.165, 1.54) is 19.1 Å². The van der Waals surface area contributed by atoms with Gasteiger partial charge in [0.25, 0.3) is 0 Å². The van der Waals surface area contributed by atoms with E-state index in [1.54, 1.807) is 57.3 Å². The topological polar surface area (TPSA) is 227 Å². The minimum absolute atomic E-state index is 0.0108. The third kappa shape index (κ3) is 13.6. The van der Waals surface area contributed by atoms with Gasteiger partial charge in [-0.1, -0.05) is 18.2 Å². The maximum absolute atomic E-state index is 13.4. The van der Waals surface area contributed by atoms with Crippen molar-refractivity contribution in [3.8, 4) is 5.75 Å². The van der Waals surface area contributed by atoms with Crippen molar-refractivity contribution in [2.75, 3.05) is 19.6 Å². The van der Waals surface area contributed by atoms with Crippen LogP contribution in [0.2, 0.25) is 0 Å². The van der Waals surface area contributed by atoms with E-state index >= 15 is 0 Å². The summed E-state index contributed by atoms with van der Waals surface area (Å²) in [5.74, 6) is -3.09. The van der Waals surface area contributed by atoms with Gasteiger partial charge in [0.05, 0.1) is 12.2 Å². The van der Waals surface area contributed by atoms with Gasteiger partial charge in [-0.15, -0.1) is 0 Å². The van der Waals surface area contributed by atoms with Crippen molar-refractivity contribution in [3.63, 3.8) is 0 Å². The van der Waals surface area contributed by atoms with Crippen molar-refractivity contribution in [1.29, 1.82) is 0 Å². The smallest absolute Gasteiger partial charge is 0.408 e. The molecule has 3 rings (SSSR count). The van der Waals surface area contributed by atoms with E-state index in [4.69, 9.17) is 14.2 Å². The lowest BCUT2D eigenvalue weighted by Crippen LogP contribution is -2.58. The molecule has 1 aromatic carbocycles. The lowest BCUT2D eigenvalue weighted by molar-refractivity contribution is -0.146. The summed E-state index contributed by atoms with van der Waals surface area (Å²) in [6.07, 6.45) is -0.277. The molecule has 1 fully saturated rings. The second-order valence-electron chi connectivity index (χ2n) is 11.9. The molecule has 16 heteroatoms. The van der Waals surface area contributed by atoms with Crippen LogP contribution in [0.15, 0.2) is 48.7 Å². The predicted molar refractivity (Wildman–Crippen MR) is 169 cm³/mol. The Kier molecular flexibility index (Phi) is 13.6. The van der Waals surface area contributed by atoms with Gasteiger partial charge >= 0.3 is 12.1 Å². The molecule has 1 aromatic heterocycles. The first-order valence-electron chi connectivity index (χ1n) is 15.3. The zero-order valence-corrected chi connectivity index (χ0v) is 27.2. The van der Waals surface area contributed by atoms with E-state index in [0.717, 1.165) is 5.56 Å². The van der Waals surface area contributed by atoms with Crippen LogP contribution in [-0.2, 0) is 51.2 Å². The molecule has 16 nitrogen and oxygen atoms in total. The summed E-state index contributed by atoms with van der Waals surface area (Å²) in [6, 6.07) is 9.07. The van der Waals surface area contributed by atoms with Gasteiger partial charge in [0.2, 0.25) is 23.6 Å². The van der Waals surface area contributed by atoms with Crippen LogP contribution < -0.4 is 26.6 Å². The van der Waals surface area contributed by atoms with E-state index < -0.39 is 72.1 Å². The summed E-state index contributed by atoms with van der Waals surface area (Å²) in [4.78, 5) is 79.2. The number of hydrogen-bond donors (Lipinski definition) is 6. The summed E-state index contributed by atoms with van der Waals surface area (Å²) in [7, 11) is 0. The number of amides is 5. The number of pyridine rings is 1. The average Bonchev–Trinajstić information content (AvgIpc) is 3.81. The number of alkyl carbamates (subject to hydrolysis) is 1. The fraction of sp³-hybridized carbons (Fsp3) is 0.469. The van der Waals surface area contributed by atoms with Crippen LogP contribution >= 0.6 is 0 Å². The Morgan fingerprint density at radius 1 is 0.938 bits per heavy atom. The highest BCUT2D eigenvalue weighted by atomic mass is 16.6. The molecular weight excluding hydrogens is 628 g/mol. The second-order valence-corrected chi connectivity index (χ2v) is 11.9. The lowest BCUT2D eigenvalue weighted by Gasteiger charge is -2.25. The molecule has 2 aromatic rings. The highest BCUT2D eigenvalue weighted by molar-refractivity contribution is 5.93. The molecule has 1 aliphatic rings. The standard InChI is InChI=1S/C32H42N6O10/c1-19(39)34-15-24(37-29(43)23(38-31(45)48-32(2,3)4)13-10-20-8-11-22(40)12-9-20)28(42)36-17-26(41)35-16-25-27(47-25)30(44)46-18-21-7-5-6-14-33-21/h5-9,11-12,14,23-25,27,40H,10,13,15-18H2,1-4H3,(H,34,39)(H,35,41)(H,36,42)(H,37,43)(H,38,45).